The van der Waals surface area contributed by atoms with Crippen molar-refractivity contribution in [2.45, 2.75) is 0 Å². The molecule has 0 fully saturated rings. The second kappa shape index (κ2) is 2.62. The van der Waals surface area contributed by atoms with Gasteiger partial charge in [-0.2, -0.15) is 0 Å². The van der Waals surface area contributed by atoms with Crippen molar-refractivity contribution in [2.75, 3.05) is 0 Å². The van der Waals surface area contributed by atoms with Gasteiger partial charge in [0.25, 0.3) is 0 Å². The highest BCUT2D eigenvalue weighted by atomic mass is 14.8. The van der Waals surface area contributed by atoms with Crippen LogP contribution >= 0.6 is 0 Å². The highest BCUT2D eigenvalue weighted by molar-refractivity contribution is 5.56. The van der Waals surface area contributed by atoms with E-state index >= 15 is 0 Å². The van der Waals surface area contributed by atoms with Gasteiger partial charge in [-0.1, -0.05) is 24.3 Å². The van der Waals surface area contributed by atoms with E-state index < -0.39 is 0 Å². The summed E-state index contributed by atoms with van der Waals surface area (Å²) < 4.78 is 0. The molecule has 0 amide bonds. The third kappa shape index (κ3) is 1.17. The minimum absolute atomic E-state index is 1.13. The minimum Gasteiger partial charge on any atom is -0.367 e. The topological polar surface area (TPSA) is 12.0 Å². The molecule has 53 valence electrons. The number of hydrogen-bond donors (Lipinski definition) is 1. The molecule has 1 aromatic rings. The molecule has 0 atom stereocenters. The summed E-state index contributed by atoms with van der Waals surface area (Å²) >= 11 is 0. The van der Waals surface area contributed by atoms with Crippen molar-refractivity contribution in [3.05, 3.63) is 53.9 Å². The van der Waals surface area contributed by atoms with Crippen molar-refractivity contribution in [1.82, 2.24) is 5.32 Å². The number of benzene rings is 1. The van der Waals surface area contributed by atoms with Crippen molar-refractivity contribution in [3.63, 3.8) is 0 Å². The maximum absolute atomic E-state index is 3.13. The van der Waals surface area contributed by atoms with Gasteiger partial charge in [0.1, 0.15) is 0 Å². The monoisotopic (exact) mass is 142 g/mol. The molecule has 0 unspecified atom stereocenters. The van der Waals surface area contributed by atoms with Gasteiger partial charge in [0.2, 0.25) is 0 Å². The van der Waals surface area contributed by atoms with E-state index in [0.29, 0.717) is 0 Å². The molecule has 2 rings (SSSR count). The average molecular weight is 142 g/mol. The first kappa shape index (κ1) is 6.23. The van der Waals surface area contributed by atoms with Gasteiger partial charge < -0.3 is 5.32 Å². The molecule has 11 heavy (non-hydrogen) atoms. The zero-order chi connectivity index (χ0) is 7.52. The zero-order valence-electron chi connectivity index (χ0n) is 6.04. The molecule has 0 spiro atoms. The maximum Gasteiger partial charge on any atom is 0.00906 e. The third-order valence-corrected chi connectivity index (χ3v) is 1.63. The first-order valence-corrected chi connectivity index (χ1v) is 3.57. The number of rotatable bonds is 0. The lowest BCUT2D eigenvalue weighted by Crippen LogP contribution is -1.87. The Morgan fingerprint density at radius 1 is 1.18 bits per heavy atom. The Morgan fingerprint density at radius 2 is 2.09 bits per heavy atom. The lowest BCUT2D eigenvalue weighted by molar-refractivity contribution is 1.20. The fourth-order valence-corrected chi connectivity index (χ4v) is 1.08. The molecule has 1 aliphatic rings. The smallest absolute Gasteiger partial charge is 0.00906 e. The van der Waals surface area contributed by atoms with Crippen LogP contribution in [0.4, 0.5) is 0 Å². The summed E-state index contributed by atoms with van der Waals surface area (Å²) in [5.74, 6) is 0. The molecule has 0 aliphatic carbocycles. The van der Waals surface area contributed by atoms with Crippen molar-refractivity contribution in [1.29, 1.82) is 0 Å². The molecule has 0 saturated carbocycles. The average Bonchev–Trinajstić information content (AvgIpc) is 2.28. The van der Waals surface area contributed by atoms with Crippen LogP contribution in [0.2, 0.25) is 0 Å². The van der Waals surface area contributed by atoms with Gasteiger partial charge in [0.05, 0.1) is 0 Å². The van der Waals surface area contributed by atoms with Gasteiger partial charge in [-0.3, -0.25) is 0 Å². The molecular weight excluding hydrogens is 134 g/mol. The summed E-state index contributed by atoms with van der Waals surface area (Å²) in [4.78, 5) is 0. The quantitative estimate of drug-likeness (QED) is 0.583. The van der Waals surface area contributed by atoms with E-state index in [1.807, 2.05) is 36.7 Å². The number of hydrogen-bond acceptors (Lipinski definition) is 1. The summed E-state index contributed by atoms with van der Waals surface area (Å²) in [5.41, 5.74) is 2.34. The summed E-state index contributed by atoms with van der Waals surface area (Å²) in [6.07, 6.45) is 8.87. The van der Waals surface area contributed by atoms with E-state index in [0.717, 1.165) is 5.56 Å². The normalized spacial score (nSPS) is 13.5. The standard InChI is InChI=1S/C10H8N/c1-2-4-10-6-8-11-7-5-9(10)3-1/h1-5,7-8,11H. The molecular formula is C10H8N. The molecule has 0 aromatic heterocycles. The van der Waals surface area contributed by atoms with Gasteiger partial charge in [0.15, 0.2) is 0 Å². The first-order valence-electron chi connectivity index (χ1n) is 3.57. The van der Waals surface area contributed by atoms with Crippen LogP contribution in [0.15, 0.2) is 36.7 Å². The third-order valence-electron chi connectivity index (χ3n) is 1.63. The van der Waals surface area contributed by atoms with Gasteiger partial charge >= 0.3 is 0 Å². The van der Waals surface area contributed by atoms with Gasteiger partial charge in [-0.05, 0) is 17.2 Å². The van der Waals surface area contributed by atoms with Crippen LogP contribution in [-0.2, 0) is 0 Å². The van der Waals surface area contributed by atoms with E-state index in [1.165, 1.54) is 5.56 Å². The Morgan fingerprint density at radius 3 is 3.09 bits per heavy atom. The van der Waals surface area contributed by atoms with Crippen LogP contribution in [0.25, 0.3) is 6.08 Å². The molecule has 1 aliphatic heterocycles. The largest absolute Gasteiger partial charge is 0.367 e. The van der Waals surface area contributed by atoms with Gasteiger partial charge in [0, 0.05) is 18.5 Å². The van der Waals surface area contributed by atoms with E-state index in [2.05, 4.69) is 17.5 Å². The van der Waals surface area contributed by atoms with E-state index in [9.17, 15) is 0 Å². The second-order valence-electron chi connectivity index (χ2n) is 2.38. The highest BCUT2D eigenvalue weighted by Gasteiger charge is 1.95. The van der Waals surface area contributed by atoms with Gasteiger partial charge in [-0.25, -0.2) is 0 Å². The molecule has 1 heterocycles. The number of fused-ring (bicyclic) bond motifs is 1. The second-order valence-corrected chi connectivity index (χ2v) is 2.38. The fraction of sp³-hybridized carbons (Fsp3) is 0. The van der Waals surface area contributed by atoms with Crippen LogP contribution in [0.1, 0.15) is 11.1 Å². The zero-order valence-corrected chi connectivity index (χ0v) is 6.04. The highest BCUT2D eigenvalue weighted by Crippen LogP contribution is 2.11. The molecule has 1 heteroatoms. The Bertz CT molecular complexity index is 279. The molecule has 1 N–H and O–H groups in total. The number of nitrogens with one attached hydrogen (secondary N) is 1. The Balaban J connectivity index is 2.58. The van der Waals surface area contributed by atoms with E-state index in [-0.39, 0.29) is 0 Å². The lowest BCUT2D eigenvalue weighted by atomic mass is 10.1. The van der Waals surface area contributed by atoms with Crippen molar-refractivity contribution >= 4 is 6.08 Å². The van der Waals surface area contributed by atoms with Crippen LogP contribution < -0.4 is 5.32 Å². The van der Waals surface area contributed by atoms with Crippen LogP contribution in [0.5, 0.6) is 0 Å². The van der Waals surface area contributed by atoms with E-state index in [4.69, 9.17) is 0 Å². The SMILES string of the molecule is [C]1=CNC=Cc2ccccc21. The predicted octanol–water partition coefficient (Wildman–Crippen LogP) is 1.93. The molecule has 1 nitrogen and oxygen atoms in total. The van der Waals surface area contributed by atoms with Crippen LogP contribution in [-0.4, -0.2) is 0 Å². The summed E-state index contributed by atoms with van der Waals surface area (Å²) in [7, 11) is 0. The van der Waals surface area contributed by atoms with Crippen LogP contribution in [0.3, 0.4) is 0 Å². The molecule has 1 aromatic carbocycles. The van der Waals surface area contributed by atoms with Gasteiger partial charge in [-0.15, -0.1) is 0 Å². The minimum atomic E-state index is 1.13. The van der Waals surface area contributed by atoms with E-state index in [1.54, 1.807) is 0 Å². The van der Waals surface area contributed by atoms with Crippen molar-refractivity contribution in [2.24, 2.45) is 0 Å². The summed E-state index contributed by atoms with van der Waals surface area (Å²) in [6.45, 7) is 0. The molecule has 0 saturated heterocycles. The molecule has 1 radical (unpaired) electrons. The fourth-order valence-electron chi connectivity index (χ4n) is 1.08. The molecule has 0 bridgehead atoms. The Labute approximate surface area is 66.1 Å². The summed E-state index contributed by atoms with van der Waals surface area (Å²) in [6, 6.07) is 8.15. The maximum atomic E-state index is 3.13. The van der Waals surface area contributed by atoms with Crippen molar-refractivity contribution in [3.8, 4) is 0 Å². The lowest BCUT2D eigenvalue weighted by Gasteiger charge is -1.95. The Kier molecular flexibility index (Phi) is 1.48. The van der Waals surface area contributed by atoms with Crippen LogP contribution in [0, 0.1) is 6.08 Å². The summed E-state index contributed by atoms with van der Waals surface area (Å²) in [5, 5.41) is 2.98. The first-order chi connectivity index (χ1) is 5.47. The van der Waals surface area contributed by atoms with Crippen molar-refractivity contribution < 1.29 is 0 Å². The Hall–Kier alpha value is -1.50. The predicted molar refractivity (Wildman–Crippen MR) is 45.5 cm³/mol.